The summed E-state index contributed by atoms with van der Waals surface area (Å²) in [4.78, 5) is 12.0. The second-order valence-electron chi connectivity index (χ2n) is 4.71. The van der Waals surface area contributed by atoms with Crippen LogP contribution in [0, 0.1) is 6.92 Å². The van der Waals surface area contributed by atoms with Crippen LogP contribution in [0.5, 0.6) is 0 Å². The number of hydrogen-bond acceptors (Lipinski definition) is 2. The van der Waals surface area contributed by atoms with E-state index in [9.17, 15) is 4.79 Å². The fourth-order valence-electron chi connectivity index (χ4n) is 2.15. The van der Waals surface area contributed by atoms with Crippen LogP contribution in [0.4, 0.5) is 0 Å². The smallest absolute Gasteiger partial charge is 0.338 e. The van der Waals surface area contributed by atoms with Gasteiger partial charge in [0.2, 0.25) is 0 Å². The topological polar surface area (TPSA) is 26.3 Å². The normalized spacial score (nSPS) is 10.5. The first-order valence-corrected chi connectivity index (χ1v) is 7.48. The van der Waals surface area contributed by atoms with Crippen LogP contribution in [-0.2, 0) is 11.2 Å². The zero-order valence-corrected chi connectivity index (χ0v) is 13.5. The molecule has 0 bridgehead atoms. The number of carbonyl (C=O) groups excluding carboxylic acids is 1. The lowest BCUT2D eigenvalue weighted by molar-refractivity contribution is 0.0525. The Balaban J connectivity index is 2.41. The molecule has 110 valence electrons. The van der Waals surface area contributed by atoms with Crippen molar-refractivity contribution in [2.45, 2.75) is 20.3 Å². The maximum atomic E-state index is 12.0. The average Bonchev–Trinajstić information content (AvgIpc) is 2.48. The molecule has 2 aromatic carbocycles. The van der Waals surface area contributed by atoms with E-state index in [1.165, 1.54) is 0 Å². The maximum absolute atomic E-state index is 12.0. The lowest BCUT2D eigenvalue weighted by atomic mass is 9.98. The van der Waals surface area contributed by atoms with E-state index >= 15 is 0 Å². The Morgan fingerprint density at radius 3 is 2.57 bits per heavy atom. The van der Waals surface area contributed by atoms with Gasteiger partial charge in [0.15, 0.2) is 0 Å². The molecule has 0 unspecified atom stereocenters. The number of halogens is 2. The minimum atomic E-state index is -0.326. The monoisotopic (exact) mass is 322 g/mol. The maximum Gasteiger partial charge on any atom is 0.338 e. The predicted octanol–water partition coefficient (Wildman–Crippen LogP) is 5.07. The Morgan fingerprint density at radius 1 is 1.14 bits per heavy atom. The minimum absolute atomic E-state index is 0.326. The van der Waals surface area contributed by atoms with Crippen LogP contribution in [0.3, 0.4) is 0 Å². The number of esters is 1. The number of rotatable bonds is 4. The molecule has 2 rings (SSSR count). The Hall–Kier alpha value is -1.51. The van der Waals surface area contributed by atoms with E-state index in [-0.39, 0.29) is 5.97 Å². The second kappa shape index (κ2) is 6.97. The van der Waals surface area contributed by atoms with Crippen molar-refractivity contribution in [3.63, 3.8) is 0 Å². The molecule has 0 N–H and O–H groups in total. The number of ether oxygens (including phenoxy) is 1. The molecule has 4 heteroatoms. The van der Waals surface area contributed by atoms with Crippen LogP contribution < -0.4 is 0 Å². The van der Waals surface area contributed by atoms with Crippen molar-refractivity contribution in [3.8, 4) is 0 Å². The van der Waals surface area contributed by atoms with Crippen molar-refractivity contribution in [2.75, 3.05) is 6.61 Å². The number of hydrogen-bond donors (Lipinski definition) is 0. The van der Waals surface area contributed by atoms with Gasteiger partial charge in [0.25, 0.3) is 0 Å². The molecule has 2 nitrogen and oxygen atoms in total. The van der Waals surface area contributed by atoms with Gasteiger partial charge in [-0.1, -0.05) is 47.5 Å². The van der Waals surface area contributed by atoms with Crippen molar-refractivity contribution in [1.29, 1.82) is 0 Å². The van der Waals surface area contributed by atoms with E-state index in [4.69, 9.17) is 27.9 Å². The second-order valence-corrected chi connectivity index (χ2v) is 5.50. The van der Waals surface area contributed by atoms with Crippen molar-refractivity contribution in [3.05, 3.63) is 68.7 Å². The van der Waals surface area contributed by atoms with Gasteiger partial charge in [-0.3, -0.25) is 0 Å². The van der Waals surface area contributed by atoms with E-state index in [1.807, 2.05) is 37.3 Å². The molecular weight excluding hydrogens is 307 g/mol. The fraction of sp³-hybridized carbons (Fsp3) is 0.235. The molecule has 0 aliphatic carbocycles. The van der Waals surface area contributed by atoms with Gasteiger partial charge in [0.1, 0.15) is 0 Å². The summed E-state index contributed by atoms with van der Waals surface area (Å²) in [6.45, 7) is 4.06. The minimum Gasteiger partial charge on any atom is -0.462 e. The van der Waals surface area contributed by atoms with Gasteiger partial charge in [-0.15, -0.1) is 0 Å². The van der Waals surface area contributed by atoms with E-state index in [2.05, 4.69) is 0 Å². The van der Waals surface area contributed by atoms with Crippen LogP contribution in [0.2, 0.25) is 10.0 Å². The highest BCUT2D eigenvalue weighted by Gasteiger charge is 2.15. The molecular formula is C17H16Cl2O2. The standard InChI is InChI=1S/C17H16Cl2O2/c1-3-21-17(20)13-7-5-4-6-12(13)10-14-15(18)9-8-11(2)16(14)19/h4-9H,3,10H2,1-2H3. The molecule has 0 heterocycles. The first-order valence-electron chi connectivity index (χ1n) is 6.73. The van der Waals surface area contributed by atoms with Gasteiger partial charge in [0.05, 0.1) is 12.2 Å². The Bertz CT molecular complexity index is 666. The van der Waals surface area contributed by atoms with Gasteiger partial charge in [0, 0.05) is 16.5 Å². The van der Waals surface area contributed by atoms with Crippen molar-refractivity contribution >= 4 is 29.2 Å². The molecule has 0 amide bonds. The Morgan fingerprint density at radius 2 is 1.86 bits per heavy atom. The third-order valence-corrected chi connectivity index (χ3v) is 4.14. The third-order valence-electron chi connectivity index (χ3n) is 3.26. The van der Waals surface area contributed by atoms with Crippen LogP contribution in [0.1, 0.15) is 34.0 Å². The predicted molar refractivity (Wildman–Crippen MR) is 86.4 cm³/mol. The molecule has 0 aliphatic heterocycles. The summed E-state index contributed by atoms with van der Waals surface area (Å²) in [5, 5.41) is 1.24. The summed E-state index contributed by atoms with van der Waals surface area (Å²) >= 11 is 12.6. The molecule has 0 saturated heterocycles. The molecule has 0 fully saturated rings. The lowest BCUT2D eigenvalue weighted by Crippen LogP contribution is -2.08. The van der Waals surface area contributed by atoms with Gasteiger partial charge in [-0.25, -0.2) is 4.79 Å². The molecule has 0 saturated carbocycles. The zero-order chi connectivity index (χ0) is 15.4. The highest BCUT2D eigenvalue weighted by Crippen LogP contribution is 2.30. The van der Waals surface area contributed by atoms with E-state index in [1.54, 1.807) is 13.0 Å². The van der Waals surface area contributed by atoms with Crippen LogP contribution in [0.15, 0.2) is 36.4 Å². The molecule has 0 aromatic heterocycles. The molecule has 21 heavy (non-hydrogen) atoms. The van der Waals surface area contributed by atoms with Gasteiger partial charge < -0.3 is 4.74 Å². The van der Waals surface area contributed by atoms with Gasteiger partial charge in [-0.2, -0.15) is 0 Å². The van der Waals surface area contributed by atoms with Crippen molar-refractivity contribution in [1.82, 2.24) is 0 Å². The average molecular weight is 323 g/mol. The van der Waals surface area contributed by atoms with Gasteiger partial charge in [-0.05, 0) is 42.7 Å². The van der Waals surface area contributed by atoms with E-state index in [0.717, 1.165) is 16.7 Å². The molecule has 2 aromatic rings. The summed E-state index contributed by atoms with van der Waals surface area (Å²) in [5.41, 5.74) is 3.19. The molecule has 0 radical (unpaired) electrons. The quantitative estimate of drug-likeness (QED) is 0.734. The first-order chi connectivity index (χ1) is 10.0. The van der Waals surface area contributed by atoms with Crippen molar-refractivity contribution in [2.24, 2.45) is 0 Å². The lowest BCUT2D eigenvalue weighted by Gasteiger charge is -2.12. The summed E-state index contributed by atoms with van der Waals surface area (Å²) in [5.74, 6) is -0.326. The molecule has 0 atom stereocenters. The number of aryl methyl sites for hydroxylation is 1. The van der Waals surface area contributed by atoms with Crippen LogP contribution in [0.25, 0.3) is 0 Å². The molecule has 0 spiro atoms. The summed E-state index contributed by atoms with van der Waals surface area (Å²) in [6.07, 6.45) is 0.494. The third kappa shape index (κ3) is 3.58. The fourth-order valence-corrected chi connectivity index (χ4v) is 2.65. The van der Waals surface area contributed by atoms with Crippen LogP contribution in [-0.4, -0.2) is 12.6 Å². The number of benzene rings is 2. The Kier molecular flexibility index (Phi) is 5.27. The van der Waals surface area contributed by atoms with Crippen LogP contribution >= 0.6 is 23.2 Å². The van der Waals surface area contributed by atoms with Crippen molar-refractivity contribution < 1.29 is 9.53 Å². The summed E-state index contributed by atoms with van der Waals surface area (Å²) in [7, 11) is 0. The number of carbonyl (C=O) groups is 1. The largest absolute Gasteiger partial charge is 0.462 e. The SMILES string of the molecule is CCOC(=O)c1ccccc1Cc1c(Cl)ccc(C)c1Cl. The van der Waals surface area contributed by atoms with Gasteiger partial charge >= 0.3 is 5.97 Å². The van der Waals surface area contributed by atoms with E-state index < -0.39 is 0 Å². The highest BCUT2D eigenvalue weighted by atomic mass is 35.5. The highest BCUT2D eigenvalue weighted by molar-refractivity contribution is 6.36. The zero-order valence-electron chi connectivity index (χ0n) is 12.0. The Labute approximate surface area is 134 Å². The summed E-state index contributed by atoms with van der Waals surface area (Å²) in [6, 6.07) is 11.0. The van der Waals surface area contributed by atoms with E-state index in [0.29, 0.717) is 28.6 Å². The first kappa shape index (κ1) is 15.9. The summed E-state index contributed by atoms with van der Waals surface area (Å²) < 4.78 is 5.09. The molecule has 0 aliphatic rings.